The number of ketones is 1. The van der Waals surface area contributed by atoms with Crippen molar-refractivity contribution in [2.45, 2.75) is 46.1 Å². The van der Waals surface area contributed by atoms with Crippen molar-refractivity contribution in [3.05, 3.63) is 34.1 Å². The van der Waals surface area contributed by atoms with Gasteiger partial charge in [0.2, 0.25) is 0 Å². The van der Waals surface area contributed by atoms with Crippen LogP contribution in [0.4, 0.5) is 4.39 Å². The summed E-state index contributed by atoms with van der Waals surface area (Å²) in [6, 6.07) is 4.54. The molecule has 0 bridgehead atoms. The van der Waals surface area contributed by atoms with Crippen molar-refractivity contribution < 1.29 is 9.18 Å². The number of carbonyl (C=O) groups excluding carboxylic acids is 1. The number of halogens is 2. The van der Waals surface area contributed by atoms with Gasteiger partial charge in [-0.2, -0.15) is 0 Å². The van der Waals surface area contributed by atoms with Gasteiger partial charge in [-0.3, -0.25) is 9.69 Å². The van der Waals surface area contributed by atoms with Crippen molar-refractivity contribution in [1.82, 2.24) is 4.90 Å². The van der Waals surface area contributed by atoms with E-state index in [-0.39, 0.29) is 11.3 Å². The van der Waals surface area contributed by atoms with E-state index in [2.05, 4.69) is 20.8 Å². The normalized spacial score (nSPS) is 11.9. The Balaban J connectivity index is 3.34. The second kappa shape index (κ2) is 7.32. The van der Waals surface area contributed by atoms with Gasteiger partial charge in [0.1, 0.15) is 5.82 Å². The van der Waals surface area contributed by atoms with Crippen LogP contribution in [0.1, 0.15) is 50.9 Å². The molecule has 1 rings (SSSR count). The van der Waals surface area contributed by atoms with Crippen molar-refractivity contribution in [2.75, 3.05) is 13.1 Å². The lowest BCUT2D eigenvalue weighted by atomic mass is 9.82. The molecule has 0 aromatic heterocycles. The van der Waals surface area contributed by atoms with E-state index in [0.29, 0.717) is 12.8 Å². The summed E-state index contributed by atoms with van der Waals surface area (Å²) in [5.41, 5.74) is -0.444. The van der Waals surface area contributed by atoms with E-state index in [1.54, 1.807) is 12.1 Å². The molecule has 0 heterocycles. The van der Waals surface area contributed by atoms with Crippen LogP contribution >= 0.6 is 15.9 Å². The van der Waals surface area contributed by atoms with Crippen molar-refractivity contribution in [3.8, 4) is 0 Å². The van der Waals surface area contributed by atoms with Crippen molar-refractivity contribution in [2.24, 2.45) is 0 Å². The predicted octanol–water partition coefficient (Wildman–Crippen LogP) is 4.67. The molecule has 1 aromatic rings. The Kier molecular flexibility index (Phi) is 6.34. The zero-order valence-electron chi connectivity index (χ0n) is 12.7. The van der Waals surface area contributed by atoms with E-state index >= 15 is 0 Å². The lowest BCUT2D eigenvalue weighted by molar-refractivity contribution is 0.0530. The molecule has 20 heavy (non-hydrogen) atoms. The van der Waals surface area contributed by atoms with E-state index in [1.807, 2.05) is 27.7 Å². The molecule has 0 amide bonds. The number of rotatable bonds is 7. The molecule has 0 unspecified atom stereocenters. The molecule has 0 aliphatic carbocycles. The molecule has 0 aliphatic rings. The van der Waals surface area contributed by atoms with Crippen molar-refractivity contribution in [3.63, 3.8) is 0 Å². The molecule has 4 heteroatoms. The smallest absolute Gasteiger partial charge is 0.186 e. The molecule has 2 nitrogen and oxygen atoms in total. The van der Waals surface area contributed by atoms with E-state index in [1.165, 1.54) is 6.07 Å². The van der Waals surface area contributed by atoms with Crippen LogP contribution in [0.5, 0.6) is 0 Å². The summed E-state index contributed by atoms with van der Waals surface area (Å²) in [4.78, 5) is 15.1. The van der Waals surface area contributed by atoms with Crippen LogP contribution in [0, 0.1) is 5.82 Å². The first-order valence-electron chi connectivity index (χ1n) is 7.21. The lowest BCUT2D eigenvalue weighted by Gasteiger charge is -2.41. The van der Waals surface area contributed by atoms with Crippen LogP contribution in [0.15, 0.2) is 22.7 Å². The first-order chi connectivity index (χ1) is 9.46. The zero-order chi connectivity index (χ0) is 15.3. The van der Waals surface area contributed by atoms with Crippen LogP contribution in [0.25, 0.3) is 0 Å². The number of likely N-dealkylation sites (N-methyl/N-ethyl adjacent to an activating group) is 1. The highest BCUT2D eigenvalue weighted by Crippen LogP contribution is 2.30. The molecule has 112 valence electrons. The summed E-state index contributed by atoms with van der Waals surface area (Å²) in [6.45, 7) is 9.62. The largest absolute Gasteiger partial charge is 0.292 e. The van der Waals surface area contributed by atoms with Crippen LogP contribution in [-0.4, -0.2) is 29.3 Å². The van der Waals surface area contributed by atoms with Gasteiger partial charge < -0.3 is 0 Å². The minimum atomic E-state index is -0.620. The lowest BCUT2D eigenvalue weighted by Crippen LogP contribution is -2.54. The standard InChI is InChI=1S/C16H23BrFNO/c1-5-16(6-2,19(7-3)8-4)15(20)13-11-12(17)9-10-14(13)18/h9-11H,5-8H2,1-4H3. The second-order valence-corrected chi connectivity index (χ2v) is 5.78. The fraction of sp³-hybridized carbons (Fsp3) is 0.562. The third-order valence-corrected chi connectivity index (χ3v) is 4.63. The fourth-order valence-electron chi connectivity index (χ4n) is 2.91. The van der Waals surface area contributed by atoms with Crippen molar-refractivity contribution in [1.29, 1.82) is 0 Å². The Bertz CT molecular complexity index is 468. The highest BCUT2D eigenvalue weighted by atomic mass is 79.9. The van der Waals surface area contributed by atoms with Crippen molar-refractivity contribution >= 4 is 21.7 Å². The summed E-state index contributed by atoms with van der Waals surface area (Å²) in [6.07, 6.45) is 1.35. The average molecular weight is 344 g/mol. The number of hydrogen-bond acceptors (Lipinski definition) is 2. The monoisotopic (exact) mass is 343 g/mol. The number of Topliss-reactive ketones (excluding diaryl/α,β-unsaturated/α-hetero) is 1. The Labute approximate surface area is 129 Å². The Hall–Kier alpha value is -0.740. The number of benzene rings is 1. The SMILES string of the molecule is CCN(CC)C(CC)(CC)C(=O)c1cc(Br)ccc1F. The molecular weight excluding hydrogens is 321 g/mol. The molecule has 0 fully saturated rings. The van der Waals surface area contributed by atoms with Gasteiger partial charge in [-0.1, -0.05) is 43.6 Å². The zero-order valence-corrected chi connectivity index (χ0v) is 14.3. The Morgan fingerprint density at radius 3 is 2.20 bits per heavy atom. The van der Waals surface area contributed by atoms with Gasteiger partial charge >= 0.3 is 0 Å². The molecular formula is C16H23BrFNO. The highest BCUT2D eigenvalue weighted by molar-refractivity contribution is 9.10. The number of nitrogens with zero attached hydrogens (tertiary/aromatic N) is 1. The van der Waals surface area contributed by atoms with Gasteiger partial charge in [0, 0.05) is 4.47 Å². The van der Waals surface area contributed by atoms with Crippen LogP contribution < -0.4 is 0 Å². The van der Waals surface area contributed by atoms with E-state index in [0.717, 1.165) is 17.6 Å². The molecule has 0 spiro atoms. The summed E-state index contributed by atoms with van der Waals surface area (Å²) < 4.78 is 14.8. The predicted molar refractivity (Wildman–Crippen MR) is 84.7 cm³/mol. The second-order valence-electron chi connectivity index (χ2n) is 4.86. The van der Waals surface area contributed by atoms with Gasteiger partial charge in [-0.25, -0.2) is 4.39 Å². The molecule has 0 N–H and O–H groups in total. The van der Waals surface area contributed by atoms with E-state index in [4.69, 9.17) is 0 Å². The number of hydrogen-bond donors (Lipinski definition) is 0. The molecule has 1 aromatic carbocycles. The maximum absolute atomic E-state index is 14.0. The van der Waals surface area contributed by atoms with Gasteiger partial charge in [-0.05, 0) is 44.1 Å². The maximum Gasteiger partial charge on any atom is 0.186 e. The highest BCUT2D eigenvalue weighted by Gasteiger charge is 2.40. The van der Waals surface area contributed by atoms with Crippen LogP contribution in [0.3, 0.4) is 0 Å². The average Bonchev–Trinajstić information content (AvgIpc) is 2.46. The quantitative estimate of drug-likeness (QED) is 0.670. The molecule has 0 saturated carbocycles. The summed E-state index contributed by atoms with van der Waals surface area (Å²) >= 11 is 3.31. The van der Waals surface area contributed by atoms with Gasteiger partial charge in [0.25, 0.3) is 0 Å². The minimum absolute atomic E-state index is 0.120. The topological polar surface area (TPSA) is 20.3 Å². The third-order valence-electron chi connectivity index (χ3n) is 4.13. The molecule has 0 saturated heterocycles. The van der Waals surface area contributed by atoms with Gasteiger partial charge in [0.05, 0.1) is 11.1 Å². The molecule has 0 aliphatic heterocycles. The maximum atomic E-state index is 14.0. The number of carbonyl (C=O) groups is 1. The Morgan fingerprint density at radius 2 is 1.75 bits per heavy atom. The molecule has 0 atom stereocenters. The van der Waals surface area contributed by atoms with Gasteiger partial charge in [0.15, 0.2) is 5.78 Å². The van der Waals surface area contributed by atoms with E-state index in [9.17, 15) is 9.18 Å². The summed E-state index contributed by atoms with van der Waals surface area (Å²) in [7, 11) is 0. The first-order valence-corrected chi connectivity index (χ1v) is 8.00. The van der Waals surface area contributed by atoms with E-state index < -0.39 is 11.4 Å². The first kappa shape index (κ1) is 17.3. The summed E-state index contributed by atoms with van der Waals surface area (Å²) in [5, 5.41) is 0. The Morgan fingerprint density at radius 1 is 1.20 bits per heavy atom. The fourth-order valence-corrected chi connectivity index (χ4v) is 3.27. The van der Waals surface area contributed by atoms with Crippen LogP contribution in [0.2, 0.25) is 0 Å². The molecule has 0 radical (unpaired) electrons. The third kappa shape index (κ3) is 3.12. The van der Waals surface area contributed by atoms with Crippen LogP contribution in [-0.2, 0) is 0 Å². The van der Waals surface area contributed by atoms with Gasteiger partial charge in [-0.15, -0.1) is 0 Å². The minimum Gasteiger partial charge on any atom is -0.292 e. The summed E-state index contributed by atoms with van der Waals surface area (Å²) in [5.74, 6) is -0.568.